The van der Waals surface area contributed by atoms with Crippen LogP contribution in [0.15, 0.2) is 48.9 Å². The second-order valence-electron chi connectivity index (χ2n) is 12.0. The molecular weight excluding hydrogens is 510 g/mol. The van der Waals surface area contributed by atoms with E-state index in [9.17, 15) is 14.9 Å². The zero-order valence-corrected chi connectivity index (χ0v) is 22.5. The molecule has 0 bridgehead atoms. The molecule has 0 unspecified atom stereocenters. The number of carbonyl (C=O) groups excluding carboxylic acids is 2. The molecular formula is C29H29N7O4. The molecule has 0 spiro atoms. The van der Waals surface area contributed by atoms with Gasteiger partial charge in [0.15, 0.2) is 0 Å². The molecule has 40 heavy (non-hydrogen) atoms. The lowest BCUT2D eigenvalue weighted by molar-refractivity contribution is 0.0265. The molecule has 4 aliphatic rings. The normalized spacial score (nSPS) is 28.0. The second kappa shape index (κ2) is 8.52. The summed E-state index contributed by atoms with van der Waals surface area (Å²) in [6.07, 6.45) is 4.89. The van der Waals surface area contributed by atoms with Crippen molar-refractivity contribution in [1.29, 1.82) is 5.26 Å². The Balaban J connectivity index is 1.06. The van der Waals surface area contributed by atoms with Crippen molar-refractivity contribution >= 4 is 17.9 Å². The lowest BCUT2D eigenvalue weighted by Gasteiger charge is -2.27. The number of carbonyl (C=O) groups is 2. The van der Waals surface area contributed by atoms with Crippen molar-refractivity contribution in [2.24, 2.45) is 11.8 Å². The van der Waals surface area contributed by atoms with Crippen molar-refractivity contribution in [3.63, 3.8) is 0 Å². The van der Waals surface area contributed by atoms with Crippen LogP contribution in [-0.2, 0) is 27.9 Å². The van der Waals surface area contributed by atoms with Crippen molar-refractivity contribution < 1.29 is 19.1 Å². The van der Waals surface area contributed by atoms with E-state index in [1.165, 1.54) is 0 Å². The quantitative estimate of drug-likeness (QED) is 0.493. The third-order valence-corrected chi connectivity index (χ3v) is 8.55. The topological polar surface area (TPSA) is 126 Å². The van der Waals surface area contributed by atoms with Crippen molar-refractivity contribution in [2.45, 2.75) is 56.9 Å². The van der Waals surface area contributed by atoms with Gasteiger partial charge in [0.1, 0.15) is 17.1 Å². The monoisotopic (exact) mass is 539 g/mol. The highest BCUT2D eigenvalue weighted by Crippen LogP contribution is 2.63. The summed E-state index contributed by atoms with van der Waals surface area (Å²) in [5.74, 6) is 0.115. The minimum absolute atomic E-state index is 0.0575. The molecule has 7 rings (SSSR count). The predicted molar refractivity (Wildman–Crippen MR) is 142 cm³/mol. The summed E-state index contributed by atoms with van der Waals surface area (Å²) in [7, 11) is 0. The summed E-state index contributed by atoms with van der Waals surface area (Å²) in [6, 6.07) is 12.4. The number of cyclic esters (lactones) is 1. The number of ether oxygens (including phenoxy) is 2. The minimum atomic E-state index is -0.667. The van der Waals surface area contributed by atoms with Gasteiger partial charge in [0, 0.05) is 42.9 Å². The van der Waals surface area contributed by atoms with Crippen molar-refractivity contribution in [3.05, 3.63) is 60.2 Å². The Labute approximate surface area is 231 Å². The SMILES string of the molecule is CC(C)(C)OC(=O)N1C[C@@H]2[C@H](C1)[C@]2(C#N)c1ccc(-c2ccc3c(c2)C[C@H]2[C@H](Cn4ccnn4)OC(=O)N32)cn1. The van der Waals surface area contributed by atoms with Crippen LogP contribution in [0.5, 0.6) is 0 Å². The van der Waals surface area contributed by atoms with Crippen molar-refractivity contribution in [1.82, 2.24) is 24.9 Å². The van der Waals surface area contributed by atoms with Crippen LogP contribution >= 0.6 is 0 Å². The summed E-state index contributed by atoms with van der Waals surface area (Å²) < 4.78 is 12.8. The first-order valence-corrected chi connectivity index (χ1v) is 13.5. The number of nitriles is 1. The second-order valence-corrected chi connectivity index (χ2v) is 12.0. The molecule has 1 saturated carbocycles. The highest BCUT2D eigenvalue weighted by Gasteiger charge is 2.71. The third-order valence-electron chi connectivity index (χ3n) is 8.55. The van der Waals surface area contributed by atoms with Gasteiger partial charge in [0.2, 0.25) is 0 Å². The zero-order valence-electron chi connectivity index (χ0n) is 22.5. The Morgan fingerprint density at radius 1 is 1.20 bits per heavy atom. The predicted octanol–water partition coefficient (Wildman–Crippen LogP) is 3.55. The average Bonchev–Trinajstić information content (AvgIpc) is 3.51. The number of likely N-dealkylation sites (tertiary alicyclic amines) is 1. The number of nitrogens with zero attached hydrogens (tertiary/aromatic N) is 7. The molecule has 2 aromatic heterocycles. The Bertz CT molecular complexity index is 1530. The molecule has 0 N–H and O–H groups in total. The Kier molecular flexibility index (Phi) is 5.23. The maximum absolute atomic E-state index is 12.7. The van der Waals surface area contributed by atoms with Gasteiger partial charge in [-0.3, -0.25) is 9.88 Å². The number of benzene rings is 1. The number of fused-ring (bicyclic) bond motifs is 4. The molecule has 2 saturated heterocycles. The van der Waals surface area contributed by atoms with Crippen LogP contribution in [0.1, 0.15) is 32.0 Å². The molecule has 3 aromatic rings. The Morgan fingerprint density at radius 3 is 2.62 bits per heavy atom. The van der Waals surface area contributed by atoms with Gasteiger partial charge < -0.3 is 14.4 Å². The number of pyridine rings is 1. The van der Waals surface area contributed by atoms with E-state index in [2.05, 4.69) is 22.4 Å². The van der Waals surface area contributed by atoms with Gasteiger partial charge in [-0.15, -0.1) is 5.10 Å². The van der Waals surface area contributed by atoms with E-state index in [0.717, 1.165) is 28.1 Å². The standard InChI is InChI=1S/C29H29N7O4/c1-28(2,3)40-26(37)34-13-20-21(14-34)29(20,16-30)25-7-5-18(12-31-25)17-4-6-22-19(10-17)11-23-24(39-27(38)36(22)23)15-35-9-8-32-33-35/h4-10,12,20-21,23-24H,11,13-15H2,1-3H3/t20-,21+,23-,24-,29-/m0/s1. The van der Waals surface area contributed by atoms with Gasteiger partial charge in [-0.1, -0.05) is 17.3 Å². The summed E-state index contributed by atoms with van der Waals surface area (Å²) >= 11 is 0. The van der Waals surface area contributed by atoms with Crippen LogP contribution < -0.4 is 4.90 Å². The largest absolute Gasteiger partial charge is 0.444 e. The molecule has 3 fully saturated rings. The van der Waals surface area contributed by atoms with Gasteiger partial charge in [-0.05, 0) is 56.5 Å². The molecule has 204 valence electrons. The average molecular weight is 540 g/mol. The van der Waals surface area contributed by atoms with Crippen molar-refractivity contribution in [2.75, 3.05) is 18.0 Å². The van der Waals surface area contributed by atoms with Gasteiger partial charge in [-0.2, -0.15) is 5.26 Å². The van der Waals surface area contributed by atoms with Crippen LogP contribution in [0.4, 0.5) is 15.3 Å². The number of hydrogen-bond acceptors (Lipinski definition) is 8. The number of hydrogen-bond donors (Lipinski definition) is 0. The van der Waals surface area contributed by atoms with Crippen LogP contribution in [0.2, 0.25) is 0 Å². The summed E-state index contributed by atoms with van der Waals surface area (Å²) in [5, 5.41) is 18.0. The summed E-state index contributed by atoms with van der Waals surface area (Å²) in [6.45, 7) is 7.00. The van der Waals surface area contributed by atoms with E-state index in [1.54, 1.807) is 26.9 Å². The Morgan fingerprint density at radius 2 is 1.98 bits per heavy atom. The summed E-state index contributed by atoms with van der Waals surface area (Å²) in [5.41, 5.74) is 3.42. The van der Waals surface area contributed by atoms with Gasteiger partial charge >= 0.3 is 12.2 Å². The number of aromatic nitrogens is 4. The smallest absolute Gasteiger partial charge is 0.415 e. The van der Waals surface area contributed by atoms with E-state index in [0.29, 0.717) is 26.1 Å². The molecule has 5 atom stereocenters. The van der Waals surface area contributed by atoms with E-state index in [4.69, 9.17) is 14.5 Å². The maximum atomic E-state index is 12.7. The Hall–Kier alpha value is -4.46. The fourth-order valence-electron chi connectivity index (χ4n) is 6.65. The lowest BCUT2D eigenvalue weighted by Crippen LogP contribution is -2.39. The number of rotatable bonds is 4. The van der Waals surface area contributed by atoms with Gasteiger partial charge in [-0.25, -0.2) is 14.3 Å². The molecule has 1 aromatic carbocycles. The molecule has 11 heteroatoms. The highest BCUT2D eigenvalue weighted by atomic mass is 16.6. The first-order valence-electron chi connectivity index (χ1n) is 13.5. The zero-order chi connectivity index (χ0) is 27.8. The molecule has 2 amide bonds. The highest BCUT2D eigenvalue weighted by molar-refractivity contribution is 5.94. The molecule has 11 nitrogen and oxygen atoms in total. The van der Waals surface area contributed by atoms with E-state index >= 15 is 0 Å². The first kappa shape index (κ1) is 24.6. The minimum Gasteiger partial charge on any atom is -0.444 e. The van der Waals surface area contributed by atoms with Crippen LogP contribution in [0, 0.1) is 23.2 Å². The lowest BCUT2D eigenvalue weighted by atomic mass is 9.95. The fourth-order valence-corrected chi connectivity index (χ4v) is 6.65. The van der Waals surface area contributed by atoms with Crippen LogP contribution in [0.3, 0.4) is 0 Å². The third kappa shape index (κ3) is 3.73. The molecule has 5 heterocycles. The number of amides is 2. The van der Waals surface area contributed by atoms with Gasteiger partial charge in [0.05, 0.1) is 36.2 Å². The molecule has 3 aliphatic heterocycles. The van der Waals surface area contributed by atoms with Crippen LogP contribution in [-0.4, -0.2) is 67.9 Å². The number of piperidine rings is 1. The number of anilines is 1. The van der Waals surface area contributed by atoms with E-state index < -0.39 is 11.0 Å². The fraction of sp³-hybridized carbons (Fsp3) is 0.448. The molecule has 1 aliphatic carbocycles. The van der Waals surface area contributed by atoms with Crippen molar-refractivity contribution in [3.8, 4) is 17.2 Å². The van der Waals surface area contributed by atoms with E-state index in [-0.39, 0.29) is 36.2 Å². The van der Waals surface area contributed by atoms with Gasteiger partial charge in [0.25, 0.3) is 0 Å². The first-order chi connectivity index (χ1) is 19.2. The van der Waals surface area contributed by atoms with E-state index in [1.807, 2.05) is 51.2 Å². The van der Waals surface area contributed by atoms with Crippen LogP contribution in [0.25, 0.3) is 11.1 Å². The summed E-state index contributed by atoms with van der Waals surface area (Å²) in [4.78, 5) is 33.3. The molecule has 0 radical (unpaired) electrons. The maximum Gasteiger partial charge on any atom is 0.415 e.